The Labute approximate surface area is 111 Å². The van der Waals surface area contributed by atoms with Crippen LogP contribution in [0.5, 0.6) is 5.75 Å². The van der Waals surface area contributed by atoms with Gasteiger partial charge in [0.25, 0.3) is 0 Å². The molecule has 1 aliphatic rings. The van der Waals surface area contributed by atoms with Gasteiger partial charge in [0.05, 0.1) is 7.11 Å². The fraction of sp³-hybridized carbons (Fsp3) is 0.538. The van der Waals surface area contributed by atoms with E-state index in [4.69, 9.17) is 4.74 Å². The fourth-order valence-corrected chi connectivity index (χ4v) is 2.42. The van der Waals surface area contributed by atoms with Gasteiger partial charge in [-0.05, 0) is 37.2 Å². The first kappa shape index (κ1) is 12.9. The largest absolute Gasteiger partial charge is 0.496 e. The summed E-state index contributed by atoms with van der Waals surface area (Å²) in [7, 11) is 3.92. The highest BCUT2D eigenvalue weighted by molar-refractivity contribution is 9.10. The van der Waals surface area contributed by atoms with Crippen molar-refractivity contribution in [1.82, 2.24) is 10.2 Å². The maximum absolute atomic E-state index is 5.38. The third kappa shape index (κ3) is 3.21. The number of methoxy groups -OCH3 is 1. The predicted octanol–water partition coefficient (Wildman–Crippen LogP) is 1.90. The van der Waals surface area contributed by atoms with Gasteiger partial charge in [-0.1, -0.05) is 15.9 Å². The van der Waals surface area contributed by atoms with Gasteiger partial charge in [-0.25, -0.2) is 0 Å². The molecule has 1 heterocycles. The van der Waals surface area contributed by atoms with E-state index in [9.17, 15) is 0 Å². The molecule has 0 atom stereocenters. The van der Waals surface area contributed by atoms with Gasteiger partial charge in [0.15, 0.2) is 0 Å². The van der Waals surface area contributed by atoms with E-state index >= 15 is 0 Å². The number of hydrogen-bond acceptors (Lipinski definition) is 3. The molecule has 1 fully saturated rings. The Kier molecular flexibility index (Phi) is 4.42. The maximum atomic E-state index is 5.38. The lowest BCUT2D eigenvalue weighted by Crippen LogP contribution is -2.56. The van der Waals surface area contributed by atoms with Crippen molar-refractivity contribution in [3.05, 3.63) is 28.2 Å². The van der Waals surface area contributed by atoms with Crippen molar-refractivity contribution >= 4 is 15.9 Å². The summed E-state index contributed by atoms with van der Waals surface area (Å²) in [5.74, 6) is 0.980. The number of halogens is 1. The fourth-order valence-electron chi connectivity index (χ4n) is 2.01. The lowest BCUT2D eigenvalue weighted by atomic mass is 10.1. The van der Waals surface area contributed by atoms with E-state index in [0.717, 1.165) is 36.3 Å². The van der Waals surface area contributed by atoms with E-state index < -0.39 is 0 Å². The summed E-state index contributed by atoms with van der Waals surface area (Å²) in [6.07, 6.45) is 1.02. The van der Waals surface area contributed by atoms with Gasteiger partial charge in [-0.2, -0.15) is 0 Å². The molecular weight excluding hydrogens is 280 g/mol. The van der Waals surface area contributed by atoms with E-state index in [0.29, 0.717) is 6.04 Å². The Hall–Kier alpha value is -0.580. The average Bonchev–Trinajstić information content (AvgIpc) is 2.24. The minimum Gasteiger partial charge on any atom is -0.496 e. The Morgan fingerprint density at radius 2 is 2.24 bits per heavy atom. The molecule has 1 aromatic rings. The third-order valence-corrected chi connectivity index (χ3v) is 3.85. The lowest BCUT2D eigenvalue weighted by molar-refractivity contribution is 0.182. The topological polar surface area (TPSA) is 24.5 Å². The van der Waals surface area contributed by atoms with Crippen LogP contribution in [0.15, 0.2) is 22.7 Å². The van der Waals surface area contributed by atoms with E-state index in [1.807, 2.05) is 12.1 Å². The van der Waals surface area contributed by atoms with Crippen LogP contribution in [0, 0.1) is 0 Å². The monoisotopic (exact) mass is 298 g/mol. The van der Waals surface area contributed by atoms with Crippen molar-refractivity contribution in [1.29, 1.82) is 0 Å². The number of likely N-dealkylation sites (N-methyl/N-ethyl adjacent to an activating group) is 1. The second-order valence-corrected chi connectivity index (χ2v) is 5.41. The Morgan fingerprint density at radius 3 is 2.82 bits per heavy atom. The SMILES string of the molecule is COc1ccc(Br)cc1CCN(C)C1CNC1. The van der Waals surface area contributed by atoms with Crippen LogP contribution < -0.4 is 10.1 Å². The number of rotatable bonds is 5. The highest BCUT2D eigenvalue weighted by Crippen LogP contribution is 2.23. The molecule has 0 bridgehead atoms. The molecule has 0 aromatic heterocycles. The van der Waals surface area contributed by atoms with Crippen LogP contribution in [0.25, 0.3) is 0 Å². The minimum absolute atomic E-state index is 0.702. The highest BCUT2D eigenvalue weighted by Gasteiger charge is 2.21. The molecule has 2 rings (SSSR count). The number of hydrogen-bond donors (Lipinski definition) is 1. The molecule has 1 N–H and O–H groups in total. The Balaban J connectivity index is 1.94. The summed E-state index contributed by atoms with van der Waals surface area (Å²) < 4.78 is 6.49. The second-order valence-electron chi connectivity index (χ2n) is 4.50. The van der Waals surface area contributed by atoms with Crippen LogP contribution in [0.2, 0.25) is 0 Å². The summed E-state index contributed by atoms with van der Waals surface area (Å²) in [6.45, 7) is 3.30. The first-order valence-corrected chi connectivity index (χ1v) is 6.73. The number of benzene rings is 1. The van der Waals surface area contributed by atoms with Crippen LogP contribution in [-0.2, 0) is 6.42 Å². The zero-order valence-corrected chi connectivity index (χ0v) is 12.0. The molecule has 17 heavy (non-hydrogen) atoms. The summed E-state index contributed by atoms with van der Waals surface area (Å²) in [5.41, 5.74) is 1.26. The molecule has 1 aliphatic heterocycles. The van der Waals surface area contributed by atoms with E-state index in [2.05, 4.69) is 39.3 Å². The zero-order chi connectivity index (χ0) is 12.3. The summed E-state index contributed by atoms with van der Waals surface area (Å²) in [5, 5.41) is 3.30. The molecule has 0 unspecified atom stereocenters. The van der Waals surface area contributed by atoms with E-state index in [-0.39, 0.29) is 0 Å². The molecule has 1 aromatic carbocycles. The molecule has 0 aliphatic carbocycles. The lowest BCUT2D eigenvalue weighted by Gasteiger charge is -2.35. The predicted molar refractivity (Wildman–Crippen MR) is 73.7 cm³/mol. The normalized spacial score (nSPS) is 16.0. The van der Waals surface area contributed by atoms with Gasteiger partial charge >= 0.3 is 0 Å². The van der Waals surface area contributed by atoms with Gasteiger partial charge in [-0.15, -0.1) is 0 Å². The van der Waals surface area contributed by atoms with Crippen LogP contribution in [0.4, 0.5) is 0 Å². The Bertz CT molecular complexity index is 380. The molecule has 0 amide bonds. The van der Waals surface area contributed by atoms with Gasteiger partial charge < -0.3 is 15.0 Å². The van der Waals surface area contributed by atoms with Crippen LogP contribution in [-0.4, -0.2) is 44.7 Å². The van der Waals surface area contributed by atoms with Crippen molar-refractivity contribution in [3.63, 3.8) is 0 Å². The van der Waals surface area contributed by atoms with Crippen molar-refractivity contribution in [2.75, 3.05) is 33.8 Å². The van der Waals surface area contributed by atoms with Gasteiger partial charge in [0, 0.05) is 30.1 Å². The zero-order valence-electron chi connectivity index (χ0n) is 10.4. The van der Waals surface area contributed by atoms with Crippen LogP contribution in [0.3, 0.4) is 0 Å². The molecular formula is C13H19BrN2O. The number of nitrogens with zero attached hydrogens (tertiary/aromatic N) is 1. The van der Waals surface area contributed by atoms with Crippen molar-refractivity contribution in [3.8, 4) is 5.75 Å². The molecule has 3 nitrogen and oxygen atoms in total. The summed E-state index contributed by atoms with van der Waals surface area (Å²) in [4.78, 5) is 2.41. The molecule has 0 spiro atoms. The molecule has 0 radical (unpaired) electrons. The molecule has 1 saturated heterocycles. The smallest absolute Gasteiger partial charge is 0.122 e. The van der Waals surface area contributed by atoms with Crippen molar-refractivity contribution in [2.24, 2.45) is 0 Å². The second kappa shape index (κ2) is 5.85. The van der Waals surface area contributed by atoms with Crippen molar-refractivity contribution in [2.45, 2.75) is 12.5 Å². The maximum Gasteiger partial charge on any atom is 0.122 e. The average molecular weight is 299 g/mol. The van der Waals surface area contributed by atoms with Crippen LogP contribution in [0.1, 0.15) is 5.56 Å². The summed E-state index contributed by atoms with van der Waals surface area (Å²) >= 11 is 3.51. The molecule has 94 valence electrons. The van der Waals surface area contributed by atoms with Gasteiger partial charge in [0.2, 0.25) is 0 Å². The highest BCUT2D eigenvalue weighted by atomic mass is 79.9. The van der Waals surface area contributed by atoms with Gasteiger partial charge in [0.1, 0.15) is 5.75 Å². The first-order valence-electron chi connectivity index (χ1n) is 5.94. The third-order valence-electron chi connectivity index (χ3n) is 3.36. The number of ether oxygens (including phenoxy) is 1. The molecule has 0 saturated carbocycles. The number of nitrogens with one attached hydrogen (secondary N) is 1. The van der Waals surface area contributed by atoms with E-state index in [1.54, 1.807) is 7.11 Å². The first-order chi connectivity index (χ1) is 8.20. The summed E-state index contributed by atoms with van der Waals surface area (Å²) in [6, 6.07) is 6.88. The van der Waals surface area contributed by atoms with Gasteiger partial charge in [-0.3, -0.25) is 0 Å². The quantitative estimate of drug-likeness (QED) is 0.899. The van der Waals surface area contributed by atoms with E-state index in [1.165, 1.54) is 5.56 Å². The van der Waals surface area contributed by atoms with Crippen molar-refractivity contribution < 1.29 is 4.74 Å². The van der Waals surface area contributed by atoms with Crippen LogP contribution >= 0.6 is 15.9 Å². The minimum atomic E-state index is 0.702. The standard InChI is InChI=1S/C13H19BrN2O/c1-16(12-8-15-9-12)6-5-10-7-11(14)3-4-13(10)17-2/h3-4,7,12,15H,5-6,8-9H2,1-2H3. The Morgan fingerprint density at radius 1 is 1.47 bits per heavy atom. The molecule has 4 heteroatoms.